The Bertz CT molecular complexity index is 984. The Morgan fingerprint density at radius 3 is 2.21 bits per heavy atom. The lowest BCUT2D eigenvalue weighted by Gasteiger charge is -2.12. The largest absolute Gasteiger partial charge is 0.331 e. The van der Waals surface area contributed by atoms with E-state index in [1.165, 1.54) is 15.2 Å². The van der Waals surface area contributed by atoms with Crippen molar-refractivity contribution in [3.05, 3.63) is 91.6 Å². The van der Waals surface area contributed by atoms with E-state index >= 15 is 0 Å². The average molecular weight is 341 g/mol. The van der Waals surface area contributed by atoms with E-state index in [0.717, 1.165) is 16.7 Å². The Kier molecular flexibility index (Phi) is 4.40. The monoisotopic (exact) mass is 340 g/mol. The van der Waals surface area contributed by atoms with Gasteiger partial charge in [0.2, 0.25) is 0 Å². The maximum Gasteiger partial charge on any atom is 0.331 e. The molecule has 4 nitrogen and oxygen atoms in total. The minimum absolute atomic E-state index is 0.219. The predicted octanol–water partition coefficient (Wildman–Crippen LogP) is 3.22. The van der Waals surface area contributed by atoms with Crippen LogP contribution in [0.25, 0.3) is 11.3 Å². The van der Waals surface area contributed by atoms with Gasteiger partial charge in [0, 0.05) is 18.1 Å². The van der Waals surface area contributed by atoms with E-state index in [1.807, 2.05) is 43.3 Å². The Balaban J connectivity index is 2.06. The molecule has 0 unspecified atom stereocenters. The van der Waals surface area contributed by atoms with Crippen LogP contribution in [0, 0.1) is 6.92 Å². The van der Waals surface area contributed by atoms with Gasteiger partial charge in [-0.3, -0.25) is 13.9 Å². The molecule has 24 heavy (non-hydrogen) atoms. The third-order valence-electron chi connectivity index (χ3n) is 4.01. The highest BCUT2D eigenvalue weighted by molar-refractivity contribution is 6.30. The Morgan fingerprint density at radius 1 is 0.958 bits per heavy atom. The van der Waals surface area contributed by atoms with Crippen LogP contribution in [0.1, 0.15) is 11.1 Å². The van der Waals surface area contributed by atoms with Crippen molar-refractivity contribution in [1.82, 2.24) is 9.13 Å². The van der Waals surface area contributed by atoms with Crippen molar-refractivity contribution in [1.29, 1.82) is 0 Å². The summed E-state index contributed by atoms with van der Waals surface area (Å²) in [6.07, 6.45) is 0. The zero-order valence-electron chi connectivity index (χ0n) is 13.5. The topological polar surface area (TPSA) is 44.0 Å². The van der Waals surface area contributed by atoms with Gasteiger partial charge in [-0.1, -0.05) is 53.6 Å². The molecule has 0 aliphatic carbocycles. The van der Waals surface area contributed by atoms with Crippen LogP contribution in [0.4, 0.5) is 0 Å². The summed E-state index contributed by atoms with van der Waals surface area (Å²) in [4.78, 5) is 25.1. The van der Waals surface area contributed by atoms with E-state index in [-0.39, 0.29) is 17.8 Å². The molecule has 3 rings (SSSR count). The number of benzene rings is 2. The molecule has 0 atom stereocenters. The van der Waals surface area contributed by atoms with Gasteiger partial charge in [-0.15, -0.1) is 0 Å². The fraction of sp³-hybridized carbons (Fsp3) is 0.158. The first kappa shape index (κ1) is 16.3. The van der Waals surface area contributed by atoms with E-state index in [4.69, 9.17) is 11.6 Å². The molecule has 3 aromatic rings. The van der Waals surface area contributed by atoms with Crippen LogP contribution in [0.15, 0.2) is 64.2 Å². The van der Waals surface area contributed by atoms with Crippen molar-refractivity contribution in [3.8, 4) is 11.3 Å². The molecule has 0 N–H and O–H groups in total. The van der Waals surface area contributed by atoms with Gasteiger partial charge in [0.1, 0.15) is 0 Å². The third kappa shape index (κ3) is 3.19. The fourth-order valence-electron chi connectivity index (χ4n) is 2.59. The molecule has 0 saturated heterocycles. The van der Waals surface area contributed by atoms with Crippen LogP contribution in [0.2, 0.25) is 5.02 Å². The summed E-state index contributed by atoms with van der Waals surface area (Å²) in [6.45, 7) is 2.21. The molecular formula is C19H17ClN2O2. The maximum atomic E-state index is 12.6. The lowest BCUT2D eigenvalue weighted by atomic mass is 10.1. The predicted molar refractivity (Wildman–Crippen MR) is 96.7 cm³/mol. The smallest absolute Gasteiger partial charge is 0.296 e. The highest BCUT2D eigenvalue weighted by Gasteiger charge is 2.11. The van der Waals surface area contributed by atoms with Crippen molar-refractivity contribution < 1.29 is 0 Å². The molecule has 0 saturated carbocycles. The summed E-state index contributed by atoms with van der Waals surface area (Å²) in [5.74, 6) is 0. The Morgan fingerprint density at radius 2 is 1.58 bits per heavy atom. The summed E-state index contributed by atoms with van der Waals surface area (Å²) in [6, 6.07) is 16.3. The average Bonchev–Trinajstić information content (AvgIpc) is 2.57. The molecule has 1 aromatic heterocycles. The second-order valence-corrected chi connectivity index (χ2v) is 6.22. The number of rotatable bonds is 3. The van der Waals surface area contributed by atoms with E-state index in [0.29, 0.717) is 10.7 Å². The zero-order valence-corrected chi connectivity index (χ0v) is 14.2. The van der Waals surface area contributed by atoms with Gasteiger partial charge in [0.15, 0.2) is 0 Å². The standard InChI is InChI=1S/C19H17ClN2O2/c1-13-3-7-15(8-4-13)17-11-18(23)22(19(24)21(17)2)12-14-5-9-16(20)10-6-14/h3-11H,12H2,1-2H3. The molecule has 0 aliphatic heterocycles. The molecule has 0 radical (unpaired) electrons. The van der Waals surface area contributed by atoms with Gasteiger partial charge in [-0.2, -0.15) is 0 Å². The minimum atomic E-state index is -0.340. The summed E-state index contributed by atoms with van der Waals surface area (Å²) in [5, 5.41) is 0.619. The van der Waals surface area contributed by atoms with Crippen molar-refractivity contribution in [2.24, 2.45) is 7.05 Å². The normalized spacial score (nSPS) is 10.8. The fourth-order valence-corrected chi connectivity index (χ4v) is 2.72. The van der Waals surface area contributed by atoms with Crippen LogP contribution in [-0.4, -0.2) is 9.13 Å². The molecule has 1 heterocycles. The van der Waals surface area contributed by atoms with E-state index in [1.54, 1.807) is 19.2 Å². The van der Waals surface area contributed by atoms with Crippen LogP contribution < -0.4 is 11.2 Å². The van der Waals surface area contributed by atoms with Gasteiger partial charge in [0.05, 0.1) is 12.2 Å². The molecule has 122 valence electrons. The van der Waals surface area contributed by atoms with Crippen LogP contribution in [-0.2, 0) is 13.6 Å². The molecule has 0 fully saturated rings. The van der Waals surface area contributed by atoms with Gasteiger partial charge < -0.3 is 0 Å². The molecule has 0 spiro atoms. The van der Waals surface area contributed by atoms with E-state index in [2.05, 4.69) is 0 Å². The number of aryl methyl sites for hydroxylation is 1. The van der Waals surface area contributed by atoms with E-state index in [9.17, 15) is 9.59 Å². The number of hydrogen-bond acceptors (Lipinski definition) is 2. The van der Waals surface area contributed by atoms with Gasteiger partial charge in [-0.25, -0.2) is 4.79 Å². The summed E-state index contributed by atoms with van der Waals surface area (Å²) < 4.78 is 2.73. The molecule has 0 amide bonds. The van der Waals surface area contributed by atoms with Crippen LogP contribution in [0.3, 0.4) is 0 Å². The SMILES string of the molecule is Cc1ccc(-c2cc(=O)n(Cc3ccc(Cl)cc3)c(=O)n2C)cc1. The van der Waals surface area contributed by atoms with E-state index < -0.39 is 0 Å². The zero-order chi connectivity index (χ0) is 17.3. The Hall–Kier alpha value is -2.59. The molecule has 0 bridgehead atoms. The molecule has 2 aromatic carbocycles. The first-order valence-corrected chi connectivity index (χ1v) is 7.96. The second kappa shape index (κ2) is 6.49. The molecule has 5 heteroatoms. The maximum absolute atomic E-state index is 12.6. The summed E-state index contributed by atoms with van der Waals surface area (Å²) in [5.41, 5.74) is 2.77. The van der Waals surface area contributed by atoms with Gasteiger partial charge in [-0.05, 0) is 30.2 Å². The minimum Gasteiger partial charge on any atom is -0.296 e. The quantitative estimate of drug-likeness (QED) is 0.734. The first-order chi connectivity index (χ1) is 11.5. The highest BCUT2D eigenvalue weighted by atomic mass is 35.5. The van der Waals surface area contributed by atoms with Crippen LogP contribution >= 0.6 is 11.6 Å². The van der Waals surface area contributed by atoms with Gasteiger partial charge in [0.25, 0.3) is 5.56 Å². The number of hydrogen-bond donors (Lipinski definition) is 0. The first-order valence-electron chi connectivity index (χ1n) is 7.58. The van der Waals surface area contributed by atoms with Crippen molar-refractivity contribution in [2.45, 2.75) is 13.5 Å². The van der Waals surface area contributed by atoms with Crippen molar-refractivity contribution >= 4 is 11.6 Å². The number of nitrogens with zero attached hydrogens (tertiary/aromatic N) is 2. The third-order valence-corrected chi connectivity index (χ3v) is 4.26. The number of halogens is 1. The summed E-state index contributed by atoms with van der Waals surface area (Å²) in [7, 11) is 1.68. The Labute approximate surface area is 144 Å². The lowest BCUT2D eigenvalue weighted by Crippen LogP contribution is -2.39. The highest BCUT2D eigenvalue weighted by Crippen LogP contribution is 2.16. The van der Waals surface area contributed by atoms with Gasteiger partial charge >= 0.3 is 5.69 Å². The lowest BCUT2D eigenvalue weighted by molar-refractivity contribution is 0.644. The van der Waals surface area contributed by atoms with Crippen molar-refractivity contribution in [3.63, 3.8) is 0 Å². The molecular weight excluding hydrogens is 324 g/mol. The second-order valence-electron chi connectivity index (χ2n) is 5.79. The number of aromatic nitrogens is 2. The summed E-state index contributed by atoms with van der Waals surface area (Å²) >= 11 is 5.87. The van der Waals surface area contributed by atoms with Crippen molar-refractivity contribution in [2.75, 3.05) is 0 Å². The molecule has 0 aliphatic rings. The van der Waals surface area contributed by atoms with Crippen LogP contribution in [0.5, 0.6) is 0 Å².